The monoisotopic (exact) mass is 492 g/mol. The molecule has 34 heavy (non-hydrogen) atoms. The first kappa shape index (κ1) is 25.6. The third-order valence-corrected chi connectivity index (χ3v) is 11.3. The summed E-state index contributed by atoms with van der Waals surface area (Å²) in [5, 5.41) is 18.2. The van der Waals surface area contributed by atoms with E-state index in [1.165, 1.54) is 0 Å². The molecule has 8 heteroatoms. The Bertz CT molecular complexity index is 1230. The van der Waals surface area contributed by atoms with E-state index >= 15 is 0 Å². The quantitative estimate of drug-likeness (QED) is 0.251. The Morgan fingerprint density at radius 2 is 1.85 bits per heavy atom. The van der Waals surface area contributed by atoms with Gasteiger partial charge in [-0.1, -0.05) is 50.6 Å². The molecule has 0 spiro atoms. The van der Waals surface area contributed by atoms with E-state index in [2.05, 4.69) is 55.0 Å². The van der Waals surface area contributed by atoms with Gasteiger partial charge in [0.1, 0.15) is 0 Å². The molecule has 0 amide bonds. The van der Waals surface area contributed by atoms with Crippen LogP contribution in [-0.2, 0) is 10.8 Å². The van der Waals surface area contributed by atoms with E-state index in [9.17, 15) is 0 Å². The summed E-state index contributed by atoms with van der Waals surface area (Å²) < 4.78 is 12.8. The molecule has 0 saturated carbocycles. The van der Waals surface area contributed by atoms with Gasteiger partial charge in [0.05, 0.1) is 30.2 Å². The molecule has 0 aliphatic rings. The molecule has 3 rings (SSSR count). The average molecular weight is 493 g/mol. The van der Waals surface area contributed by atoms with E-state index in [0.717, 1.165) is 11.1 Å². The summed E-state index contributed by atoms with van der Waals surface area (Å²) in [5.41, 5.74) is 2.70. The highest BCUT2D eigenvalue weighted by Crippen LogP contribution is 2.40. The van der Waals surface area contributed by atoms with Gasteiger partial charge in [0, 0.05) is 10.6 Å². The second kappa shape index (κ2) is 10.1. The average Bonchev–Trinajstić information content (AvgIpc) is 3.26. The molecule has 0 saturated heterocycles. The summed E-state index contributed by atoms with van der Waals surface area (Å²) in [6, 6.07) is 14.6. The van der Waals surface area contributed by atoms with Gasteiger partial charge in [0.15, 0.2) is 8.32 Å². The molecular weight excluding hydrogens is 464 g/mol. The van der Waals surface area contributed by atoms with Crippen LogP contribution in [0.25, 0.3) is 16.3 Å². The second-order valence-corrected chi connectivity index (χ2v) is 15.1. The zero-order valence-corrected chi connectivity index (χ0v) is 22.1. The van der Waals surface area contributed by atoms with Gasteiger partial charge in [0.2, 0.25) is 17.5 Å². The van der Waals surface area contributed by atoms with Crippen molar-refractivity contribution in [2.24, 2.45) is 0 Å². The molecule has 0 bridgehead atoms. The number of halogens is 1. The molecule has 3 aromatic rings. The Morgan fingerprint density at radius 1 is 1.18 bits per heavy atom. The highest BCUT2D eigenvalue weighted by atomic mass is 35.5. The Morgan fingerprint density at radius 3 is 2.41 bits per heavy atom. The molecule has 0 radical (unpaired) electrons. The van der Waals surface area contributed by atoms with Crippen LogP contribution in [0.2, 0.25) is 23.2 Å². The first-order valence-corrected chi connectivity index (χ1v) is 14.4. The summed E-state index contributed by atoms with van der Waals surface area (Å²) in [7, 11) is -2.06. The van der Waals surface area contributed by atoms with Gasteiger partial charge in [-0.15, -0.1) is 10.2 Å². The van der Waals surface area contributed by atoms with Crippen LogP contribution in [0, 0.1) is 17.9 Å². The third-order valence-electron chi connectivity index (χ3n) is 6.46. The Kier molecular flexibility index (Phi) is 7.63. The van der Waals surface area contributed by atoms with E-state index in [0.29, 0.717) is 34.5 Å². The van der Waals surface area contributed by atoms with Crippen LogP contribution in [0.1, 0.15) is 50.6 Å². The summed E-state index contributed by atoms with van der Waals surface area (Å²) >= 11 is 6.30. The number of nitriles is 1. The van der Waals surface area contributed by atoms with Crippen LogP contribution < -0.4 is 0 Å². The zero-order chi connectivity index (χ0) is 25.1. The lowest BCUT2D eigenvalue weighted by atomic mass is 9.94. The molecule has 0 unspecified atom stereocenters. The van der Waals surface area contributed by atoms with Crippen molar-refractivity contribution in [3.63, 3.8) is 0 Å². The van der Waals surface area contributed by atoms with Crippen LogP contribution >= 0.6 is 11.6 Å². The standard InChI is InChI=1S/C26H29ClN4O2Si/c1-17(33-34(6,7)26(2,3)4)21(14-19-10-13-23(29-5)22(27)15-19)25-31-30-24(32-25)20-11-8-18(16-28)9-12-20/h8-13,15,17,21H,14H2,1-4,6-7H3/t17-,21-/m1/s1. The number of rotatable bonds is 7. The summed E-state index contributed by atoms with van der Waals surface area (Å²) in [5.74, 6) is 0.671. The maximum absolute atomic E-state index is 9.04. The van der Waals surface area contributed by atoms with Crippen molar-refractivity contribution < 1.29 is 8.84 Å². The van der Waals surface area contributed by atoms with Crippen molar-refractivity contribution in [3.05, 3.63) is 75.9 Å². The van der Waals surface area contributed by atoms with E-state index in [-0.39, 0.29) is 17.1 Å². The molecule has 0 N–H and O–H groups in total. The van der Waals surface area contributed by atoms with Crippen molar-refractivity contribution in [2.75, 3.05) is 0 Å². The van der Waals surface area contributed by atoms with Gasteiger partial charge >= 0.3 is 0 Å². The number of hydrogen-bond donors (Lipinski definition) is 0. The normalized spacial score (nSPS) is 13.7. The minimum absolute atomic E-state index is 0.0505. The van der Waals surface area contributed by atoms with Crippen molar-refractivity contribution >= 4 is 25.6 Å². The largest absolute Gasteiger partial charge is 0.420 e. The predicted molar refractivity (Wildman–Crippen MR) is 136 cm³/mol. The molecule has 176 valence electrons. The van der Waals surface area contributed by atoms with E-state index < -0.39 is 8.32 Å². The third kappa shape index (κ3) is 5.74. The number of benzene rings is 2. The zero-order valence-electron chi connectivity index (χ0n) is 20.4. The maximum Gasteiger partial charge on any atom is 0.247 e. The van der Waals surface area contributed by atoms with Gasteiger partial charge < -0.3 is 8.84 Å². The minimum atomic E-state index is -2.06. The predicted octanol–water partition coefficient (Wildman–Crippen LogP) is 7.55. The second-order valence-electron chi connectivity index (χ2n) is 9.93. The molecular formula is C26H29ClN4O2Si. The lowest BCUT2D eigenvalue weighted by molar-refractivity contribution is 0.154. The summed E-state index contributed by atoms with van der Waals surface area (Å²) in [6.07, 6.45) is 0.387. The first-order valence-electron chi connectivity index (χ1n) is 11.1. The van der Waals surface area contributed by atoms with Gasteiger partial charge in [-0.3, -0.25) is 0 Å². The van der Waals surface area contributed by atoms with Crippen molar-refractivity contribution in [1.82, 2.24) is 10.2 Å². The van der Waals surface area contributed by atoms with E-state index in [1.807, 2.05) is 19.1 Å². The van der Waals surface area contributed by atoms with Gasteiger partial charge in [-0.25, -0.2) is 4.85 Å². The van der Waals surface area contributed by atoms with Gasteiger partial charge in [-0.05, 0) is 61.3 Å². The van der Waals surface area contributed by atoms with Crippen molar-refractivity contribution in [1.29, 1.82) is 5.26 Å². The van der Waals surface area contributed by atoms with Gasteiger partial charge in [-0.2, -0.15) is 5.26 Å². The highest BCUT2D eigenvalue weighted by Gasteiger charge is 2.40. The maximum atomic E-state index is 9.04. The Balaban J connectivity index is 1.96. The number of hydrogen-bond acceptors (Lipinski definition) is 5. The number of nitrogens with zero attached hydrogens (tertiary/aromatic N) is 4. The smallest absolute Gasteiger partial charge is 0.247 e. The summed E-state index contributed by atoms with van der Waals surface area (Å²) in [4.78, 5) is 3.45. The van der Waals surface area contributed by atoms with Crippen LogP contribution in [-0.4, -0.2) is 24.6 Å². The Labute approximate surface area is 207 Å². The fourth-order valence-corrected chi connectivity index (χ4v) is 5.08. The first-order chi connectivity index (χ1) is 15.9. The van der Waals surface area contributed by atoms with Crippen LogP contribution in [0.5, 0.6) is 0 Å². The van der Waals surface area contributed by atoms with Crippen LogP contribution in [0.3, 0.4) is 0 Å². The highest BCUT2D eigenvalue weighted by molar-refractivity contribution is 6.74. The van der Waals surface area contributed by atoms with Gasteiger partial charge in [0.25, 0.3) is 0 Å². The van der Waals surface area contributed by atoms with Crippen molar-refractivity contribution in [3.8, 4) is 17.5 Å². The van der Waals surface area contributed by atoms with E-state index in [4.69, 9.17) is 32.3 Å². The SMILES string of the molecule is [C-]#[N+]c1ccc(C[C@@H](c2nnc(-c3ccc(C#N)cc3)o2)[C@@H](C)O[Si](C)(C)C(C)(C)C)cc1Cl. The molecule has 2 aromatic carbocycles. The molecule has 2 atom stereocenters. The lowest BCUT2D eigenvalue weighted by Gasteiger charge is -2.40. The van der Waals surface area contributed by atoms with E-state index in [1.54, 1.807) is 30.3 Å². The van der Waals surface area contributed by atoms with Crippen LogP contribution in [0.4, 0.5) is 5.69 Å². The fraction of sp³-hybridized carbons (Fsp3) is 0.385. The molecule has 1 heterocycles. The van der Waals surface area contributed by atoms with Crippen LogP contribution in [0.15, 0.2) is 46.9 Å². The fourth-order valence-electron chi connectivity index (χ4n) is 3.39. The molecule has 1 aromatic heterocycles. The molecule has 0 fully saturated rings. The lowest BCUT2D eigenvalue weighted by Crippen LogP contribution is -2.44. The Hall–Kier alpha value is -2.97. The minimum Gasteiger partial charge on any atom is -0.420 e. The van der Waals surface area contributed by atoms with Crippen molar-refractivity contribution in [2.45, 2.75) is 64.3 Å². The molecule has 0 aliphatic carbocycles. The number of aromatic nitrogens is 2. The molecule has 0 aliphatic heterocycles. The topological polar surface area (TPSA) is 76.3 Å². The summed E-state index contributed by atoms with van der Waals surface area (Å²) in [6.45, 7) is 20.4. The molecule has 6 nitrogen and oxygen atoms in total.